The molecule has 1 aliphatic heterocycles. The number of carbonyl (C=O) groups is 1. The van der Waals surface area contributed by atoms with Crippen LogP contribution in [0.5, 0.6) is 0 Å². The second-order valence-corrected chi connectivity index (χ2v) is 4.35. The molecule has 2 atom stereocenters. The van der Waals surface area contributed by atoms with Gasteiger partial charge in [-0.15, -0.1) is 0 Å². The van der Waals surface area contributed by atoms with Gasteiger partial charge in [0.05, 0.1) is 5.41 Å². The summed E-state index contributed by atoms with van der Waals surface area (Å²) in [4.78, 5) is 14.9. The number of carbonyl (C=O) groups excluding carboxylic acids is 1. The Morgan fingerprint density at radius 2 is 2.25 bits per heavy atom. The van der Waals surface area contributed by atoms with Crippen LogP contribution in [-0.4, -0.2) is 31.7 Å². The lowest BCUT2D eigenvalue weighted by Gasteiger charge is -2.21. The molecule has 0 bridgehead atoms. The highest BCUT2D eigenvalue weighted by molar-refractivity contribution is 5.75. The van der Waals surface area contributed by atoms with Crippen LogP contribution in [0.15, 0.2) is 0 Å². The minimum absolute atomic E-state index is 0.0787. The van der Waals surface area contributed by atoms with E-state index in [1.165, 1.54) is 0 Å². The first-order valence-corrected chi connectivity index (χ1v) is 5.28. The van der Waals surface area contributed by atoms with Crippen molar-refractivity contribution in [1.82, 2.24) is 0 Å². The zero-order valence-electron chi connectivity index (χ0n) is 9.86. The molecule has 0 aromatic heterocycles. The summed E-state index contributed by atoms with van der Waals surface area (Å²) < 4.78 is 15.3. The molecule has 1 saturated heterocycles. The molecule has 2 unspecified atom stereocenters. The summed E-state index contributed by atoms with van der Waals surface area (Å²) in [6.07, 6.45) is -0.410. The molecule has 0 aromatic rings. The number of hydrogen-bond acceptors (Lipinski definition) is 4. The molecule has 0 amide bonds. The summed E-state index contributed by atoms with van der Waals surface area (Å²) in [5.41, 5.74) is -0.493. The molecular weight excluding hydrogens is 210 g/mol. The van der Waals surface area contributed by atoms with Gasteiger partial charge in [0.15, 0.2) is 12.9 Å². The first-order chi connectivity index (χ1) is 7.51. The predicted octanol–water partition coefficient (Wildman–Crippen LogP) is 1.58. The van der Waals surface area contributed by atoms with Gasteiger partial charge >= 0.3 is 12.2 Å². The fraction of sp³-hybridized carbons (Fsp3) is 0.818. The van der Waals surface area contributed by atoms with Gasteiger partial charge in [0.25, 0.3) is 0 Å². The van der Waals surface area contributed by atoms with Gasteiger partial charge in [-0.2, -0.15) is 0 Å². The van der Waals surface area contributed by atoms with Gasteiger partial charge in [-0.3, -0.25) is 14.4 Å². The van der Waals surface area contributed by atoms with Gasteiger partial charge < -0.3 is 9.47 Å². The van der Waals surface area contributed by atoms with Crippen molar-refractivity contribution in [3.05, 3.63) is 11.4 Å². The van der Waals surface area contributed by atoms with Gasteiger partial charge in [-0.1, -0.05) is 6.92 Å². The highest BCUT2D eigenvalue weighted by Gasteiger charge is 2.37. The fourth-order valence-electron chi connectivity index (χ4n) is 1.13. The molecule has 90 valence electrons. The number of nitrogens with zero attached hydrogens (tertiary/aromatic N) is 1. The minimum Gasteiger partial charge on any atom is -0.462 e. The fourth-order valence-corrected chi connectivity index (χ4v) is 1.13. The van der Waals surface area contributed by atoms with Gasteiger partial charge in [0.2, 0.25) is 0 Å². The Morgan fingerprint density at radius 3 is 2.81 bits per heavy atom. The van der Waals surface area contributed by atoms with Gasteiger partial charge in [0, 0.05) is 0 Å². The molecule has 16 heavy (non-hydrogen) atoms. The van der Waals surface area contributed by atoms with Crippen LogP contribution in [0.4, 0.5) is 0 Å². The third kappa shape index (κ3) is 2.94. The summed E-state index contributed by atoms with van der Waals surface area (Å²) in [5, 5.41) is 0. The SMILES string of the molecule is [C-]#[N+]C1OCOC1COC(=O)C(C)(C)CC. The Hall–Kier alpha value is -1.12. The van der Waals surface area contributed by atoms with Gasteiger partial charge in [0.1, 0.15) is 6.61 Å². The maximum Gasteiger partial charge on any atom is 0.359 e. The van der Waals surface area contributed by atoms with Crippen molar-refractivity contribution in [2.75, 3.05) is 13.4 Å². The van der Waals surface area contributed by atoms with E-state index in [2.05, 4.69) is 4.85 Å². The molecule has 0 spiro atoms. The van der Waals surface area contributed by atoms with Gasteiger partial charge in [-0.25, -0.2) is 6.57 Å². The van der Waals surface area contributed by atoms with E-state index in [1.54, 1.807) is 0 Å². The molecule has 0 aliphatic carbocycles. The van der Waals surface area contributed by atoms with Crippen LogP contribution in [0.3, 0.4) is 0 Å². The quantitative estimate of drug-likeness (QED) is 0.540. The second-order valence-electron chi connectivity index (χ2n) is 4.35. The Balaban J connectivity index is 2.41. The smallest absolute Gasteiger partial charge is 0.359 e. The van der Waals surface area contributed by atoms with Crippen molar-refractivity contribution in [1.29, 1.82) is 0 Å². The normalized spacial score (nSPS) is 25.1. The van der Waals surface area contributed by atoms with Crippen molar-refractivity contribution in [3.8, 4) is 0 Å². The van der Waals surface area contributed by atoms with Crippen molar-refractivity contribution >= 4 is 5.97 Å². The number of hydrogen-bond donors (Lipinski definition) is 0. The van der Waals surface area contributed by atoms with E-state index < -0.39 is 17.7 Å². The van der Waals surface area contributed by atoms with Crippen molar-refractivity contribution in [2.24, 2.45) is 5.41 Å². The maximum absolute atomic E-state index is 11.7. The van der Waals surface area contributed by atoms with Crippen LogP contribution in [0.25, 0.3) is 4.85 Å². The summed E-state index contributed by atoms with van der Waals surface area (Å²) in [7, 11) is 0. The predicted molar refractivity (Wildman–Crippen MR) is 56.2 cm³/mol. The second kappa shape index (κ2) is 5.28. The van der Waals surface area contributed by atoms with Crippen LogP contribution < -0.4 is 0 Å². The zero-order valence-corrected chi connectivity index (χ0v) is 9.86. The standard InChI is InChI=1S/C11H17NO4/c1-5-11(2,3)10(13)14-6-8-9(12-4)16-7-15-8/h8-9H,5-7H2,1-3H3. The number of ether oxygens (including phenoxy) is 3. The topological polar surface area (TPSA) is 49.1 Å². The summed E-state index contributed by atoms with van der Waals surface area (Å²) in [6.45, 7) is 12.6. The molecule has 0 aromatic carbocycles. The molecular formula is C11H17NO4. The van der Waals surface area contributed by atoms with E-state index in [4.69, 9.17) is 20.8 Å². The first-order valence-electron chi connectivity index (χ1n) is 5.28. The largest absolute Gasteiger partial charge is 0.462 e. The van der Waals surface area contributed by atoms with E-state index in [0.29, 0.717) is 6.42 Å². The summed E-state index contributed by atoms with van der Waals surface area (Å²) in [5.74, 6) is -0.269. The summed E-state index contributed by atoms with van der Waals surface area (Å²) >= 11 is 0. The maximum atomic E-state index is 11.7. The lowest BCUT2D eigenvalue weighted by Crippen LogP contribution is -2.32. The van der Waals surface area contributed by atoms with Crippen LogP contribution in [-0.2, 0) is 19.0 Å². The zero-order chi connectivity index (χ0) is 12.2. The molecule has 5 nitrogen and oxygen atoms in total. The highest BCUT2D eigenvalue weighted by atomic mass is 16.7. The van der Waals surface area contributed by atoms with Crippen LogP contribution in [0.2, 0.25) is 0 Å². The van der Waals surface area contributed by atoms with Crippen molar-refractivity contribution in [3.63, 3.8) is 0 Å². The third-order valence-electron chi connectivity index (χ3n) is 2.78. The Morgan fingerprint density at radius 1 is 1.56 bits per heavy atom. The van der Waals surface area contributed by atoms with Gasteiger partial charge in [-0.05, 0) is 20.3 Å². The molecule has 1 rings (SSSR count). The van der Waals surface area contributed by atoms with Crippen molar-refractivity contribution < 1.29 is 19.0 Å². The molecule has 0 radical (unpaired) electrons. The molecule has 0 saturated carbocycles. The Labute approximate surface area is 95.5 Å². The van der Waals surface area contributed by atoms with E-state index >= 15 is 0 Å². The van der Waals surface area contributed by atoms with E-state index in [1.807, 2.05) is 20.8 Å². The number of esters is 1. The minimum atomic E-state index is -0.655. The van der Waals surface area contributed by atoms with Crippen molar-refractivity contribution in [2.45, 2.75) is 39.5 Å². The van der Waals surface area contributed by atoms with Crippen LogP contribution in [0.1, 0.15) is 27.2 Å². The number of rotatable bonds is 4. The molecule has 1 heterocycles. The molecule has 5 heteroatoms. The third-order valence-corrected chi connectivity index (χ3v) is 2.78. The molecule has 1 fully saturated rings. The first kappa shape index (κ1) is 12.9. The van der Waals surface area contributed by atoms with Crippen LogP contribution in [0, 0.1) is 12.0 Å². The van der Waals surface area contributed by atoms with Crippen LogP contribution >= 0.6 is 0 Å². The molecule has 1 aliphatic rings. The average Bonchev–Trinajstić information content (AvgIpc) is 2.72. The van der Waals surface area contributed by atoms with E-state index in [-0.39, 0.29) is 19.4 Å². The molecule has 0 N–H and O–H groups in total. The lowest BCUT2D eigenvalue weighted by molar-refractivity contribution is -0.157. The van der Waals surface area contributed by atoms with E-state index in [0.717, 1.165) is 0 Å². The van der Waals surface area contributed by atoms with E-state index in [9.17, 15) is 4.79 Å². The monoisotopic (exact) mass is 227 g/mol. The Kier molecular flexibility index (Phi) is 4.27. The summed E-state index contributed by atoms with van der Waals surface area (Å²) in [6, 6.07) is 0. The Bertz CT molecular complexity index is 295. The average molecular weight is 227 g/mol. The lowest BCUT2D eigenvalue weighted by atomic mass is 9.91. The highest BCUT2D eigenvalue weighted by Crippen LogP contribution is 2.22.